The van der Waals surface area contributed by atoms with E-state index >= 15 is 0 Å². The topological polar surface area (TPSA) is 84.5 Å². The molecule has 1 aromatic carbocycles. The van der Waals surface area contributed by atoms with Crippen LogP contribution in [0.4, 0.5) is 11.4 Å². The predicted molar refractivity (Wildman–Crippen MR) is 90.3 cm³/mol. The summed E-state index contributed by atoms with van der Waals surface area (Å²) in [4.78, 5) is 11.5. The minimum absolute atomic E-state index is 0.0749. The number of fused-ring (bicyclic) bond motifs is 1. The zero-order valence-corrected chi connectivity index (χ0v) is 14.7. The summed E-state index contributed by atoms with van der Waals surface area (Å²) in [6.45, 7) is 1.62. The van der Waals surface area contributed by atoms with Crippen molar-refractivity contribution in [2.45, 2.75) is 17.9 Å². The van der Waals surface area contributed by atoms with Gasteiger partial charge in [-0.3, -0.25) is 9.52 Å². The van der Waals surface area contributed by atoms with Crippen molar-refractivity contribution in [1.82, 2.24) is 0 Å². The number of amides is 1. The lowest BCUT2D eigenvalue weighted by atomic mass is 10.2. The number of halogens is 2. The molecule has 0 bridgehead atoms. The Morgan fingerprint density at radius 2 is 2.04 bits per heavy atom. The second kappa shape index (κ2) is 5.86. The molecular weight excluding hydrogens is 383 g/mol. The molecule has 1 amide bonds. The van der Waals surface area contributed by atoms with Gasteiger partial charge in [-0.1, -0.05) is 23.2 Å². The molecule has 6 nitrogen and oxygen atoms in total. The fourth-order valence-corrected chi connectivity index (χ4v) is 5.19. The van der Waals surface area contributed by atoms with Crippen LogP contribution in [-0.2, 0) is 14.8 Å². The first-order chi connectivity index (χ1) is 10.8. The van der Waals surface area contributed by atoms with Gasteiger partial charge < -0.3 is 10.1 Å². The Bertz CT molecular complexity index is 895. The molecule has 0 spiro atoms. The van der Waals surface area contributed by atoms with E-state index in [2.05, 4.69) is 10.0 Å². The van der Waals surface area contributed by atoms with Crippen molar-refractivity contribution in [3.63, 3.8) is 0 Å². The maximum atomic E-state index is 12.4. The van der Waals surface area contributed by atoms with Crippen LogP contribution in [0.1, 0.15) is 6.92 Å². The number of hydrogen-bond acceptors (Lipinski definition) is 5. The maximum absolute atomic E-state index is 12.4. The lowest BCUT2D eigenvalue weighted by Crippen LogP contribution is -2.34. The van der Waals surface area contributed by atoms with Crippen LogP contribution >= 0.6 is 34.5 Å². The van der Waals surface area contributed by atoms with Crippen molar-refractivity contribution < 1.29 is 17.9 Å². The minimum Gasteiger partial charge on any atom is -0.479 e. The molecule has 0 radical (unpaired) electrons. The van der Waals surface area contributed by atoms with Crippen LogP contribution in [0.5, 0.6) is 5.75 Å². The lowest BCUT2D eigenvalue weighted by molar-refractivity contribution is -0.122. The van der Waals surface area contributed by atoms with Crippen molar-refractivity contribution in [3.8, 4) is 5.75 Å². The second-order valence-corrected chi connectivity index (χ2v) is 8.69. The molecule has 2 N–H and O–H groups in total. The van der Waals surface area contributed by atoms with Gasteiger partial charge in [0.25, 0.3) is 15.9 Å². The molecule has 2 heterocycles. The largest absolute Gasteiger partial charge is 0.479 e. The lowest BCUT2D eigenvalue weighted by Gasteiger charge is -2.23. The summed E-state index contributed by atoms with van der Waals surface area (Å²) < 4.78 is 32.9. The molecule has 3 rings (SSSR count). The van der Waals surface area contributed by atoms with E-state index in [9.17, 15) is 13.2 Å². The van der Waals surface area contributed by atoms with E-state index in [1.54, 1.807) is 13.0 Å². The SMILES string of the molecule is CC1Oc2ccc(NS(=O)(=O)c3cc(Cl)sc3Cl)cc2NC1=O. The van der Waals surface area contributed by atoms with Crippen LogP contribution in [0.3, 0.4) is 0 Å². The number of nitrogens with one attached hydrogen (secondary N) is 2. The second-order valence-electron chi connectivity index (χ2n) is 4.75. The smallest absolute Gasteiger partial charge is 0.265 e. The van der Waals surface area contributed by atoms with Gasteiger partial charge in [-0.15, -0.1) is 11.3 Å². The van der Waals surface area contributed by atoms with Gasteiger partial charge in [-0.2, -0.15) is 0 Å². The number of rotatable bonds is 3. The van der Waals surface area contributed by atoms with Gasteiger partial charge in [0.15, 0.2) is 6.10 Å². The summed E-state index contributed by atoms with van der Waals surface area (Å²) in [5.74, 6) is 0.168. The van der Waals surface area contributed by atoms with Crippen molar-refractivity contribution >= 4 is 61.8 Å². The third-order valence-corrected chi connectivity index (χ3v) is 6.21. The van der Waals surface area contributed by atoms with E-state index in [1.807, 2.05) is 0 Å². The highest BCUT2D eigenvalue weighted by Crippen LogP contribution is 2.36. The van der Waals surface area contributed by atoms with Crippen LogP contribution in [-0.4, -0.2) is 20.4 Å². The number of benzene rings is 1. The highest BCUT2D eigenvalue weighted by molar-refractivity contribution is 7.93. The average molecular weight is 393 g/mol. The quantitative estimate of drug-likeness (QED) is 0.835. The van der Waals surface area contributed by atoms with Gasteiger partial charge in [-0.05, 0) is 31.2 Å². The number of ether oxygens (including phenoxy) is 1. The fraction of sp³-hybridized carbons (Fsp3) is 0.154. The molecular formula is C13H10Cl2N2O4S2. The number of sulfonamides is 1. The Hall–Kier alpha value is -1.48. The standard InChI is InChI=1S/C13H10Cl2N2O4S2/c1-6-13(18)16-8-4-7(2-3-9(8)21-6)17-23(19,20)10-5-11(14)22-12(10)15/h2-6,17H,1H3,(H,16,18). The Kier molecular flexibility index (Phi) is 4.18. The Balaban J connectivity index is 1.91. The summed E-state index contributed by atoms with van der Waals surface area (Å²) in [6, 6.07) is 5.86. The first-order valence-corrected chi connectivity index (χ1v) is 9.41. The zero-order valence-electron chi connectivity index (χ0n) is 11.6. The number of hydrogen-bond donors (Lipinski definition) is 2. The number of anilines is 2. The van der Waals surface area contributed by atoms with Gasteiger partial charge in [0.05, 0.1) is 15.7 Å². The zero-order chi connectivity index (χ0) is 16.8. The summed E-state index contributed by atoms with van der Waals surface area (Å²) in [7, 11) is -3.88. The fourth-order valence-electron chi connectivity index (χ4n) is 1.99. The predicted octanol–water partition coefficient (Wildman–Crippen LogP) is 3.58. The van der Waals surface area contributed by atoms with E-state index < -0.39 is 16.1 Å². The molecule has 10 heteroatoms. The van der Waals surface area contributed by atoms with E-state index in [0.29, 0.717) is 11.4 Å². The van der Waals surface area contributed by atoms with Crippen LogP contribution in [0.25, 0.3) is 0 Å². The normalized spacial score (nSPS) is 17.2. The van der Waals surface area contributed by atoms with Gasteiger partial charge in [0, 0.05) is 0 Å². The average Bonchev–Trinajstić information content (AvgIpc) is 2.80. The van der Waals surface area contributed by atoms with Crippen LogP contribution in [0, 0.1) is 0 Å². The first-order valence-electron chi connectivity index (χ1n) is 6.35. The molecule has 1 unspecified atom stereocenters. The molecule has 1 atom stereocenters. The summed E-state index contributed by atoms with van der Waals surface area (Å²) in [5, 5.41) is 2.65. The van der Waals surface area contributed by atoms with E-state index in [0.717, 1.165) is 11.3 Å². The van der Waals surface area contributed by atoms with Crippen LogP contribution in [0.2, 0.25) is 8.67 Å². The van der Waals surface area contributed by atoms with Gasteiger partial charge >= 0.3 is 0 Å². The number of thiophene rings is 1. The van der Waals surface area contributed by atoms with Crippen molar-refractivity contribution in [2.24, 2.45) is 0 Å². The van der Waals surface area contributed by atoms with E-state index in [4.69, 9.17) is 27.9 Å². The Morgan fingerprint density at radius 1 is 1.30 bits per heavy atom. The van der Waals surface area contributed by atoms with Gasteiger partial charge in [-0.25, -0.2) is 8.42 Å². The van der Waals surface area contributed by atoms with E-state index in [-0.39, 0.29) is 25.2 Å². The monoisotopic (exact) mass is 392 g/mol. The van der Waals surface area contributed by atoms with Gasteiger partial charge in [0.1, 0.15) is 15.0 Å². The molecule has 1 aromatic heterocycles. The molecule has 23 heavy (non-hydrogen) atoms. The number of carbonyl (C=O) groups is 1. The molecule has 122 valence electrons. The van der Waals surface area contributed by atoms with Crippen LogP contribution in [0.15, 0.2) is 29.2 Å². The minimum atomic E-state index is -3.88. The van der Waals surface area contributed by atoms with Crippen molar-refractivity contribution in [1.29, 1.82) is 0 Å². The molecule has 2 aromatic rings. The van der Waals surface area contributed by atoms with E-state index in [1.165, 1.54) is 18.2 Å². The summed E-state index contributed by atoms with van der Waals surface area (Å²) >= 11 is 12.6. The third-order valence-electron chi connectivity index (χ3n) is 3.08. The molecule has 0 fully saturated rings. The maximum Gasteiger partial charge on any atom is 0.265 e. The molecule has 1 aliphatic rings. The molecule has 0 saturated carbocycles. The van der Waals surface area contributed by atoms with Crippen molar-refractivity contribution in [3.05, 3.63) is 32.9 Å². The highest BCUT2D eigenvalue weighted by Gasteiger charge is 2.25. The Morgan fingerprint density at radius 3 is 2.70 bits per heavy atom. The third kappa shape index (κ3) is 3.25. The van der Waals surface area contributed by atoms with Crippen molar-refractivity contribution in [2.75, 3.05) is 10.0 Å². The molecule has 0 aliphatic carbocycles. The number of carbonyl (C=O) groups excluding carboxylic acids is 1. The molecule has 1 aliphatic heterocycles. The molecule has 0 saturated heterocycles. The van der Waals surface area contributed by atoms with Crippen LogP contribution < -0.4 is 14.8 Å². The summed E-state index contributed by atoms with van der Waals surface area (Å²) in [5.41, 5.74) is 0.656. The first kappa shape index (κ1) is 16.4. The summed E-state index contributed by atoms with van der Waals surface area (Å²) in [6.07, 6.45) is -0.600. The van der Waals surface area contributed by atoms with Gasteiger partial charge in [0.2, 0.25) is 0 Å². The Labute approximate surface area is 146 Å². The highest BCUT2D eigenvalue weighted by atomic mass is 35.5.